The topological polar surface area (TPSA) is 70.7 Å². The molecule has 2 N–H and O–H groups in total. The fourth-order valence-corrected chi connectivity index (χ4v) is 4.46. The largest absolute Gasteiger partial charge is 0.488 e. The van der Waals surface area contributed by atoms with Crippen molar-refractivity contribution >= 4 is 29.0 Å². The molecule has 0 spiro atoms. The van der Waals surface area contributed by atoms with E-state index in [0.29, 0.717) is 43.2 Å². The summed E-state index contributed by atoms with van der Waals surface area (Å²) in [7, 11) is 0. The van der Waals surface area contributed by atoms with Crippen molar-refractivity contribution in [2.24, 2.45) is 5.92 Å². The van der Waals surface area contributed by atoms with Gasteiger partial charge in [-0.2, -0.15) is 0 Å². The van der Waals surface area contributed by atoms with Crippen LogP contribution in [-0.2, 0) is 6.61 Å². The van der Waals surface area contributed by atoms with E-state index in [1.54, 1.807) is 29.5 Å². The monoisotopic (exact) mass is 467 g/mol. The van der Waals surface area contributed by atoms with Crippen LogP contribution in [0.15, 0.2) is 66.0 Å². The van der Waals surface area contributed by atoms with Gasteiger partial charge in [-0.25, -0.2) is 9.18 Å². The van der Waals surface area contributed by atoms with E-state index in [1.807, 2.05) is 34.5 Å². The van der Waals surface area contributed by atoms with Gasteiger partial charge in [0.25, 0.3) is 5.91 Å². The number of carbonyl (C=O) groups excluding carboxylic acids is 2. The predicted octanol–water partition coefficient (Wildman–Crippen LogP) is 5.14. The fourth-order valence-electron chi connectivity index (χ4n) is 3.85. The molecule has 1 aliphatic rings. The smallest absolute Gasteiger partial charge is 0.319 e. The summed E-state index contributed by atoms with van der Waals surface area (Å²) in [6.45, 7) is 2.17. The molecule has 2 aromatic carbocycles. The first-order valence-corrected chi connectivity index (χ1v) is 11.8. The summed E-state index contributed by atoms with van der Waals surface area (Å²) in [5.74, 6) is 0.374. The summed E-state index contributed by atoms with van der Waals surface area (Å²) in [6.07, 6.45) is 1.80. The van der Waals surface area contributed by atoms with Gasteiger partial charge < -0.3 is 20.3 Å². The highest BCUT2D eigenvalue weighted by Gasteiger charge is 2.25. The van der Waals surface area contributed by atoms with Crippen LogP contribution in [0.3, 0.4) is 0 Å². The molecule has 0 saturated carbocycles. The SMILES string of the molecule is O=C(NCC1CCCN(C(=O)c2cccc(OCc3cccs3)c2)C1)Nc1cccc(F)c1. The highest BCUT2D eigenvalue weighted by atomic mass is 32.1. The van der Waals surface area contributed by atoms with E-state index < -0.39 is 5.82 Å². The van der Waals surface area contributed by atoms with Crippen molar-refractivity contribution < 1.29 is 18.7 Å². The quantitative estimate of drug-likeness (QED) is 0.506. The molecule has 0 radical (unpaired) electrons. The van der Waals surface area contributed by atoms with Crippen molar-refractivity contribution in [3.8, 4) is 5.75 Å². The first-order chi connectivity index (χ1) is 16.1. The predicted molar refractivity (Wildman–Crippen MR) is 127 cm³/mol. The summed E-state index contributed by atoms with van der Waals surface area (Å²) in [6, 6.07) is 16.6. The molecule has 172 valence electrons. The average Bonchev–Trinajstić information content (AvgIpc) is 3.35. The molecular formula is C25H26FN3O3S. The number of thiophene rings is 1. The number of halogens is 1. The van der Waals surface area contributed by atoms with Crippen LogP contribution in [0.4, 0.5) is 14.9 Å². The van der Waals surface area contributed by atoms with Gasteiger partial charge in [-0.1, -0.05) is 18.2 Å². The maximum atomic E-state index is 13.3. The minimum atomic E-state index is -0.407. The maximum absolute atomic E-state index is 13.3. The lowest BCUT2D eigenvalue weighted by Crippen LogP contribution is -2.44. The number of amides is 3. The molecule has 1 aliphatic heterocycles. The molecule has 0 bridgehead atoms. The van der Waals surface area contributed by atoms with Crippen LogP contribution >= 0.6 is 11.3 Å². The van der Waals surface area contributed by atoms with E-state index in [-0.39, 0.29) is 17.9 Å². The molecule has 1 unspecified atom stereocenters. The minimum absolute atomic E-state index is 0.0366. The van der Waals surface area contributed by atoms with Gasteiger partial charge in [0.05, 0.1) is 0 Å². The number of benzene rings is 2. The number of hydrogen-bond acceptors (Lipinski definition) is 4. The second-order valence-electron chi connectivity index (χ2n) is 8.00. The van der Waals surface area contributed by atoms with Crippen LogP contribution in [-0.4, -0.2) is 36.5 Å². The summed E-state index contributed by atoms with van der Waals surface area (Å²) in [5.41, 5.74) is 0.991. The van der Waals surface area contributed by atoms with Gasteiger partial charge in [-0.3, -0.25) is 4.79 Å². The maximum Gasteiger partial charge on any atom is 0.319 e. The number of anilines is 1. The molecule has 4 rings (SSSR count). The van der Waals surface area contributed by atoms with Gasteiger partial charge in [0.1, 0.15) is 18.2 Å². The van der Waals surface area contributed by atoms with Gasteiger partial charge in [-0.15, -0.1) is 11.3 Å². The minimum Gasteiger partial charge on any atom is -0.488 e. The summed E-state index contributed by atoms with van der Waals surface area (Å²) in [5, 5.41) is 7.46. The Bertz CT molecular complexity index is 1090. The summed E-state index contributed by atoms with van der Waals surface area (Å²) in [4.78, 5) is 28.2. The molecule has 33 heavy (non-hydrogen) atoms. The van der Waals surface area contributed by atoms with Crippen molar-refractivity contribution in [2.75, 3.05) is 25.0 Å². The Hall–Kier alpha value is -3.39. The van der Waals surface area contributed by atoms with Crippen molar-refractivity contribution in [1.82, 2.24) is 10.2 Å². The zero-order chi connectivity index (χ0) is 23.0. The van der Waals surface area contributed by atoms with E-state index >= 15 is 0 Å². The van der Waals surface area contributed by atoms with Crippen LogP contribution in [0.1, 0.15) is 28.1 Å². The number of likely N-dealkylation sites (tertiary alicyclic amines) is 1. The fraction of sp³-hybridized carbons (Fsp3) is 0.280. The van der Waals surface area contributed by atoms with Gasteiger partial charge in [0.15, 0.2) is 0 Å². The Morgan fingerprint density at radius 2 is 2.00 bits per heavy atom. The lowest BCUT2D eigenvalue weighted by atomic mass is 9.97. The normalized spacial score (nSPS) is 15.7. The first kappa shape index (κ1) is 22.8. The number of nitrogens with one attached hydrogen (secondary N) is 2. The van der Waals surface area contributed by atoms with Crippen LogP contribution in [0.2, 0.25) is 0 Å². The van der Waals surface area contributed by atoms with E-state index in [4.69, 9.17) is 4.74 Å². The van der Waals surface area contributed by atoms with E-state index in [0.717, 1.165) is 17.7 Å². The molecule has 3 aromatic rings. The third-order valence-corrected chi connectivity index (χ3v) is 6.33. The Kier molecular flexibility index (Phi) is 7.57. The van der Waals surface area contributed by atoms with Crippen LogP contribution in [0, 0.1) is 11.7 Å². The second-order valence-corrected chi connectivity index (χ2v) is 9.03. The van der Waals surface area contributed by atoms with Gasteiger partial charge in [-0.05, 0) is 66.6 Å². The lowest BCUT2D eigenvalue weighted by Gasteiger charge is -2.33. The van der Waals surface area contributed by atoms with Gasteiger partial charge >= 0.3 is 6.03 Å². The number of urea groups is 1. The summed E-state index contributed by atoms with van der Waals surface area (Å²) >= 11 is 1.63. The number of ether oxygens (including phenoxy) is 1. The van der Waals surface area contributed by atoms with Gasteiger partial charge in [0, 0.05) is 35.8 Å². The second kappa shape index (κ2) is 11.0. The number of rotatable bonds is 7. The van der Waals surface area contributed by atoms with Crippen molar-refractivity contribution in [1.29, 1.82) is 0 Å². The van der Waals surface area contributed by atoms with Crippen LogP contribution in [0.5, 0.6) is 5.75 Å². The molecular weight excluding hydrogens is 441 g/mol. The molecule has 1 atom stereocenters. The molecule has 1 saturated heterocycles. The molecule has 1 aromatic heterocycles. The van der Waals surface area contributed by atoms with Crippen molar-refractivity contribution in [3.63, 3.8) is 0 Å². The Labute approximate surface area is 196 Å². The Balaban J connectivity index is 1.28. The third-order valence-electron chi connectivity index (χ3n) is 5.48. The van der Waals surface area contributed by atoms with Gasteiger partial charge in [0.2, 0.25) is 0 Å². The molecule has 3 amide bonds. The number of nitrogens with zero attached hydrogens (tertiary/aromatic N) is 1. The number of carbonyl (C=O) groups is 2. The van der Waals surface area contributed by atoms with Crippen molar-refractivity contribution in [2.45, 2.75) is 19.4 Å². The number of hydrogen-bond donors (Lipinski definition) is 2. The average molecular weight is 468 g/mol. The van der Waals surface area contributed by atoms with E-state index in [1.165, 1.54) is 18.2 Å². The molecule has 8 heteroatoms. The molecule has 6 nitrogen and oxygen atoms in total. The Morgan fingerprint density at radius 3 is 2.82 bits per heavy atom. The standard InChI is InChI=1S/C25H26FN3O3S/c26-20-7-2-8-21(14-20)28-25(31)27-15-18-5-3-11-29(16-18)24(30)19-6-1-9-22(13-19)32-17-23-10-4-12-33-23/h1-2,4,6-10,12-14,18H,3,5,11,15-17H2,(H2,27,28,31). The van der Waals surface area contributed by atoms with Crippen molar-refractivity contribution in [3.05, 3.63) is 82.3 Å². The lowest BCUT2D eigenvalue weighted by molar-refractivity contribution is 0.0674. The summed E-state index contributed by atoms with van der Waals surface area (Å²) < 4.78 is 19.1. The zero-order valence-corrected chi connectivity index (χ0v) is 18.9. The molecule has 1 fully saturated rings. The highest BCUT2D eigenvalue weighted by Crippen LogP contribution is 2.22. The van der Waals surface area contributed by atoms with Crippen LogP contribution < -0.4 is 15.4 Å². The zero-order valence-electron chi connectivity index (χ0n) is 18.1. The van der Waals surface area contributed by atoms with E-state index in [2.05, 4.69) is 10.6 Å². The van der Waals surface area contributed by atoms with E-state index in [9.17, 15) is 14.0 Å². The number of piperidine rings is 1. The first-order valence-electron chi connectivity index (χ1n) is 10.9. The van der Waals surface area contributed by atoms with Crippen LogP contribution in [0.25, 0.3) is 0 Å². The molecule has 0 aliphatic carbocycles. The third kappa shape index (κ3) is 6.55. The molecule has 2 heterocycles. The highest BCUT2D eigenvalue weighted by molar-refractivity contribution is 7.09. The Morgan fingerprint density at radius 1 is 1.12 bits per heavy atom.